The SMILES string of the molecule is CCCCCC(=O)NCC1OC(CCCC(O)CC2CC(CCCC3CC(CC)OC(c4ccccc4O)O3)OC(c3ccccc3O)O2)CC(CCC[C@H](C)O)O1. The van der Waals surface area contributed by atoms with Crippen LogP contribution in [0.3, 0.4) is 0 Å². The Bertz CT molecular complexity index is 1480. The van der Waals surface area contributed by atoms with Crippen LogP contribution in [0.4, 0.5) is 0 Å². The van der Waals surface area contributed by atoms with Gasteiger partial charge in [0.15, 0.2) is 18.9 Å². The maximum atomic E-state index is 12.4. The topological polar surface area (TPSA) is 165 Å². The van der Waals surface area contributed by atoms with E-state index in [1.54, 1.807) is 31.2 Å². The summed E-state index contributed by atoms with van der Waals surface area (Å²) in [5, 5.41) is 45.2. The fourth-order valence-corrected chi connectivity index (χ4v) is 8.40. The Kier molecular flexibility index (Phi) is 19.5. The molecule has 3 aliphatic rings. The lowest BCUT2D eigenvalue weighted by Crippen LogP contribution is -2.44. The number of rotatable bonds is 23. The highest BCUT2D eigenvalue weighted by molar-refractivity contribution is 5.75. The number of carbonyl (C=O) groups is 1. The summed E-state index contributed by atoms with van der Waals surface area (Å²) < 4.78 is 37.9. The number of unbranched alkanes of at least 4 members (excludes halogenated alkanes) is 2. The number of aliphatic hydroxyl groups excluding tert-OH is 2. The molecule has 12 heteroatoms. The first-order valence-corrected chi connectivity index (χ1v) is 22.2. The molecule has 10 unspecified atom stereocenters. The third kappa shape index (κ3) is 15.3. The van der Waals surface area contributed by atoms with Gasteiger partial charge in [-0.2, -0.15) is 0 Å². The number of phenolic OH excluding ortho intramolecular Hbond substituents is 2. The molecule has 0 aliphatic carbocycles. The number of phenols is 2. The first-order valence-electron chi connectivity index (χ1n) is 22.2. The number of hydrogen-bond acceptors (Lipinski definition) is 11. The highest BCUT2D eigenvalue weighted by Crippen LogP contribution is 2.39. The number of carbonyl (C=O) groups excluding carboxylic acids is 1. The molecule has 58 heavy (non-hydrogen) atoms. The monoisotopic (exact) mass is 814 g/mol. The van der Waals surface area contributed by atoms with Crippen molar-refractivity contribution in [3.63, 3.8) is 0 Å². The van der Waals surface area contributed by atoms with E-state index in [0.29, 0.717) is 49.8 Å². The van der Waals surface area contributed by atoms with Gasteiger partial charge in [0.25, 0.3) is 0 Å². The van der Waals surface area contributed by atoms with Crippen LogP contribution in [0.5, 0.6) is 11.5 Å². The van der Waals surface area contributed by atoms with Crippen molar-refractivity contribution in [1.29, 1.82) is 0 Å². The number of amides is 1. The number of nitrogens with one attached hydrogen (secondary N) is 1. The summed E-state index contributed by atoms with van der Waals surface area (Å²) in [4.78, 5) is 12.4. The van der Waals surface area contributed by atoms with Gasteiger partial charge in [-0.05, 0) is 96.1 Å². The molecule has 0 aromatic heterocycles. The lowest BCUT2D eigenvalue weighted by Gasteiger charge is -2.38. The number of aromatic hydroxyl groups is 2. The van der Waals surface area contributed by atoms with Crippen LogP contribution in [-0.2, 0) is 33.2 Å². The predicted molar refractivity (Wildman–Crippen MR) is 220 cm³/mol. The molecular formula is C46H71NO11. The van der Waals surface area contributed by atoms with Crippen LogP contribution in [-0.4, -0.2) is 88.0 Å². The van der Waals surface area contributed by atoms with E-state index >= 15 is 0 Å². The minimum absolute atomic E-state index is 0.0103. The Morgan fingerprint density at radius 2 is 1.16 bits per heavy atom. The van der Waals surface area contributed by atoms with Crippen molar-refractivity contribution in [3.05, 3.63) is 59.7 Å². The van der Waals surface area contributed by atoms with Gasteiger partial charge >= 0.3 is 0 Å². The van der Waals surface area contributed by atoms with Gasteiger partial charge in [0, 0.05) is 36.8 Å². The zero-order valence-electron chi connectivity index (χ0n) is 35.1. The summed E-state index contributed by atoms with van der Waals surface area (Å²) in [6.45, 7) is 6.32. The van der Waals surface area contributed by atoms with E-state index in [1.165, 1.54) is 0 Å². The van der Waals surface area contributed by atoms with Gasteiger partial charge in [-0.25, -0.2) is 0 Å². The van der Waals surface area contributed by atoms with Gasteiger partial charge in [0.2, 0.25) is 5.91 Å². The standard InChI is InChI=1S/C46H71NO11/c1-4-6-7-25-43(52)47-30-44-53-34(17-12-15-31(3)48)28-35(54-44)18-13-16-32(49)26-38-29-37(57-46(58-38)40-22-9-11-24-42(40)51)20-14-19-36-27-33(5-2)55-45(56-36)39-21-8-10-23-41(39)50/h8-11,21-24,31-38,44-46,48-51H,4-7,12-20,25-30H2,1-3H3,(H,47,52)/t31-,32?,33?,34?,35?,36?,37?,38?,44?,45?,46?/m0/s1. The number of ether oxygens (including phenoxy) is 6. The zero-order valence-corrected chi connectivity index (χ0v) is 35.1. The summed E-state index contributed by atoms with van der Waals surface area (Å²) in [6.07, 6.45) is 10.4. The summed E-state index contributed by atoms with van der Waals surface area (Å²) in [5.74, 6) is 0.284. The third-order valence-electron chi connectivity index (χ3n) is 11.6. The van der Waals surface area contributed by atoms with Gasteiger partial charge in [0.1, 0.15) is 11.5 Å². The molecule has 3 fully saturated rings. The van der Waals surface area contributed by atoms with E-state index < -0.39 is 25.0 Å². The molecule has 0 saturated carbocycles. The van der Waals surface area contributed by atoms with E-state index in [0.717, 1.165) is 83.5 Å². The predicted octanol–water partition coefficient (Wildman–Crippen LogP) is 8.39. The Balaban J connectivity index is 1.12. The van der Waals surface area contributed by atoms with Crippen LogP contribution >= 0.6 is 0 Å². The Labute approximate surface area is 345 Å². The minimum atomic E-state index is -0.753. The van der Waals surface area contributed by atoms with Crippen molar-refractivity contribution in [1.82, 2.24) is 5.32 Å². The van der Waals surface area contributed by atoms with Crippen molar-refractivity contribution in [2.24, 2.45) is 0 Å². The highest BCUT2D eigenvalue weighted by atomic mass is 16.7. The quantitative estimate of drug-likeness (QED) is 0.0685. The molecule has 0 radical (unpaired) electrons. The van der Waals surface area contributed by atoms with E-state index in [9.17, 15) is 25.2 Å². The average molecular weight is 814 g/mol. The molecule has 2 aromatic carbocycles. The fraction of sp³-hybridized carbons (Fsp3) is 0.717. The largest absolute Gasteiger partial charge is 0.507 e. The van der Waals surface area contributed by atoms with Crippen LogP contribution < -0.4 is 5.32 Å². The summed E-state index contributed by atoms with van der Waals surface area (Å²) in [5.41, 5.74) is 1.21. The molecule has 3 saturated heterocycles. The molecule has 3 aliphatic heterocycles. The number of hydrogen-bond donors (Lipinski definition) is 5. The van der Waals surface area contributed by atoms with Crippen molar-refractivity contribution >= 4 is 5.91 Å². The first kappa shape index (κ1) is 46.3. The van der Waals surface area contributed by atoms with Crippen LogP contribution in [0.1, 0.15) is 160 Å². The average Bonchev–Trinajstić information content (AvgIpc) is 3.20. The maximum absolute atomic E-state index is 12.4. The van der Waals surface area contributed by atoms with Crippen LogP contribution in [0.15, 0.2) is 48.5 Å². The van der Waals surface area contributed by atoms with Gasteiger partial charge in [0.05, 0.1) is 55.4 Å². The second-order valence-corrected chi connectivity index (χ2v) is 16.7. The van der Waals surface area contributed by atoms with Crippen molar-refractivity contribution in [2.45, 2.75) is 204 Å². The lowest BCUT2D eigenvalue weighted by molar-refractivity contribution is -0.257. The summed E-state index contributed by atoms with van der Waals surface area (Å²) >= 11 is 0. The zero-order chi connectivity index (χ0) is 41.3. The Morgan fingerprint density at radius 1 is 0.655 bits per heavy atom. The molecule has 5 N–H and O–H groups in total. The molecule has 1 amide bonds. The number of benzene rings is 2. The molecule has 11 atom stereocenters. The smallest absolute Gasteiger partial charge is 0.220 e. The minimum Gasteiger partial charge on any atom is -0.507 e. The van der Waals surface area contributed by atoms with E-state index in [1.807, 2.05) is 24.3 Å². The van der Waals surface area contributed by atoms with E-state index in [-0.39, 0.29) is 60.1 Å². The highest BCUT2D eigenvalue weighted by Gasteiger charge is 2.36. The molecule has 0 spiro atoms. The lowest BCUT2D eigenvalue weighted by atomic mass is 9.95. The third-order valence-corrected chi connectivity index (χ3v) is 11.6. The molecule has 326 valence electrons. The van der Waals surface area contributed by atoms with Crippen molar-refractivity contribution < 1.29 is 53.6 Å². The number of para-hydroxylation sites is 2. The maximum Gasteiger partial charge on any atom is 0.220 e. The molecular weight excluding hydrogens is 743 g/mol. The van der Waals surface area contributed by atoms with Gasteiger partial charge in [-0.15, -0.1) is 0 Å². The molecule has 0 bridgehead atoms. The molecule has 3 heterocycles. The van der Waals surface area contributed by atoms with Crippen molar-refractivity contribution in [2.75, 3.05) is 6.54 Å². The Morgan fingerprint density at radius 3 is 1.72 bits per heavy atom. The Hall–Kier alpha value is -2.81. The molecule has 2 aromatic rings. The molecule has 12 nitrogen and oxygen atoms in total. The van der Waals surface area contributed by atoms with E-state index in [2.05, 4.69) is 19.2 Å². The normalized spacial score (nSPS) is 28.8. The van der Waals surface area contributed by atoms with Gasteiger partial charge in [-0.1, -0.05) is 63.1 Å². The molecule has 5 rings (SSSR count). The van der Waals surface area contributed by atoms with Crippen LogP contribution in [0.2, 0.25) is 0 Å². The van der Waals surface area contributed by atoms with Crippen LogP contribution in [0, 0.1) is 0 Å². The van der Waals surface area contributed by atoms with Crippen LogP contribution in [0.25, 0.3) is 0 Å². The number of aliphatic hydroxyl groups is 2. The van der Waals surface area contributed by atoms with Gasteiger partial charge < -0.3 is 54.2 Å². The fourth-order valence-electron chi connectivity index (χ4n) is 8.40. The van der Waals surface area contributed by atoms with Crippen molar-refractivity contribution in [3.8, 4) is 11.5 Å². The van der Waals surface area contributed by atoms with E-state index in [4.69, 9.17) is 28.4 Å². The second-order valence-electron chi connectivity index (χ2n) is 16.7. The first-order chi connectivity index (χ1) is 28.1. The summed E-state index contributed by atoms with van der Waals surface area (Å²) in [6, 6.07) is 14.2. The summed E-state index contributed by atoms with van der Waals surface area (Å²) in [7, 11) is 0. The van der Waals surface area contributed by atoms with Gasteiger partial charge in [-0.3, -0.25) is 4.79 Å². The second kappa shape index (κ2) is 24.4.